The molecule has 0 aliphatic carbocycles. The minimum atomic E-state index is 0. The highest BCUT2D eigenvalue weighted by molar-refractivity contribution is 7.99. The largest absolute Gasteiger partial charge is 0.398 e. The molecule has 0 aliphatic heterocycles. The fourth-order valence-electron chi connectivity index (χ4n) is 1.95. The molecule has 0 aliphatic rings. The van der Waals surface area contributed by atoms with Gasteiger partial charge in [-0.25, -0.2) is 0 Å². The van der Waals surface area contributed by atoms with E-state index in [-0.39, 0.29) is 12.4 Å². The summed E-state index contributed by atoms with van der Waals surface area (Å²) in [5.41, 5.74) is 9.47. The molecule has 0 saturated heterocycles. The molecule has 0 unspecified atom stereocenters. The molecule has 2 rings (SSSR count). The predicted octanol–water partition coefficient (Wildman–Crippen LogP) is 4.21. The summed E-state index contributed by atoms with van der Waals surface area (Å²) in [7, 11) is 4.17. The Labute approximate surface area is 131 Å². The SMILES string of the molecule is Cc1ccc(Sc2ccccc2CN(C)C)c(N)c1.Cl. The van der Waals surface area contributed by atoms with E-state index in [1.807, 2.05) is 6.07 Å². The van der Waals surface area contributed by atoms with Gasteiger partial charge in [0.1, 0.15) is 0 Å². The Bertz CT molecular complexity index is 570. The molecule has 108 valence electrons. The van der Waals surface area contributed by atoms with Gasteiger partial charge in [0.25, 0.3) is 0 Å². The highest BCUT2D eigenvalue weighted by Crippen LogP contribution is 2.34. The third kappa shape index (κ3) is 4.44. The van der Waals surface area contributed by atoms with Gasteiger partial charge in [0.2, 0.25) is 0 Å². The van der Waals surface area contributed by atoms with Gasteiger partial charge in [-0.2, -0.15) is 0 Å². The van der Waals surface area contributed by atoms with Crippen molar-refractivity contribution in [2.45, 2.75) is 23.3 Å². The van der Waals surface area contributed by atoms with Crippen LogP contribution in [0, 0.1) is 6.92 Å². The third-order valence-electron chi connectivity index (χ3n) is 2.84. The molecule has 0 fully saturated rings. The van der Waals surface area contributed by atoms with Gasteiger partial charge >= 0.3 is 0 Å². The van der Waals surface area contributed by atoms with E-state index >= 15 is 0 Å². The van der Waals surface area contributed by atoms with Crippen LogP contribution in [-0.4, -0.2) is 19.0 Å². The van der Waals surface area contributed by atoms with Crippen molar-refractivity contribution in [3.8, 4) is 0 Å². The first kappa shape index (κ1) is 16.9. The van der Waals surface area contributed by atoms with Crippen molar-refractivity contribution in [2.75, 3.05) is 19.8 Å². The molecular weight excluding hydrogens is 288 g/mol. The number of hydrogen-bond acceptors (Lipinski definition) is 3. The fraction of sp³-hybridized carbons (Fsp3) is 0.250. The summed E-state index contributed by atoms with van der Waals surface area (Å²) >= 11 is 1.74. The van der Waals surface area contributed by atoms with Crippen LogP contribution in [0.5, 0.6) is 0 Å². The molecular formula is C16H21ClN2S. The Morgan fingerprint density at radius 2 is 1.75 bits per heavy atom. The molecule has 4 heteroatoms. The van der Waals surface area contributed by atoms with Gasteiger partial charge in [-0.1, -0.05) is 36.0 Å². The van der Waals surface area contributed by atoms with Gasteiger partial charge in [0.15, 0.2) is 0 Å². The lowest BCUT2D eigenvalue weighted by Crippen LogP contribution is -2.11. The maximum atomic E-state index is 6.09. The smallest absolute Gasteiger partial charge is 0.0458 e. The second-order valence-electron chi connectivity index (χ2n) is 4.99. The van der Waals surface area contributed by atoms with Crippen LogP contribution in [0.1, 0.15) is 11.1 Å². The van der Waals surface area contributed by atoms with Crippen molar-refractivity contribution >= 4 is 29.9 Å². The standard InChI is InChI=1S/C16H20N2S.ClH/c1-12-8-9-16(14(17)10-12)19-15-7-5-4-6-13(15)11-18(2)3;/h4-10H,11,17H2,1-3H3;1H. The molecule has 0 radical (unpaired) electrons. The van der Waals surface area contributed by atoms with Gasteiger partial charge in [0.05, 0.1) is 0 Å². The Morgan fingerprint density at radius 1 is 1.05 bits per heavy atom. The van der Waals surface area contributed by atoms with Gasteiger partial charge in [-0.05, 0) is 50.3 Å². The van der Waals surface area contributed by atoms with E-state index in [9.17, 15) is 0 Å². The van der Waals surface area contributed by atoms with Crippen LogP contribution < -0.4 is 5.73 Å². The average Bonchev–Trinajstić information content (AvgIpc) is 2.34. The molecule has 0 heterocycles. The average molecular weight is 309 g/mol. The van der Waals surface area contributed by atoms with E-state index in [0.29, 0.717) is 0 Å². The van der Waals surface area contributed by atoms with Crippen LogP contribution in [-0.2, 0) is 6.54 Å². The lowest BCUT2D eigenvalue weighted by Gasteiger charge is -2.14. The second kappa shape index (κ2) is 7.58. The van der Waals surface area contributed by atoms with E-state index in [2.05, 4.69) is 62.3 Å². The van der Waals surface area contributed by atoms with Crippen molar-refractivity contribution in [3.05, 3.63) is 53.6 Å². The highest BCUT2D eigenvalue weighted by atomic mass is 35.5. The van der Waals surface area contributed by atoms with E-state index in [1.54, 1.807) is 11.8 Å². The summed E-state index contributed by atoms with van der Waals surface area (Å²) in [6.45, 7) is 3.00. The van der Waals surface area contributed by atoms with Gasteiger partial charge < -0.3 is 10.6 Å². The Kier molecular flexibility index (Phi) is 6.40. The van der Waals surface area contributed by atoms with Gasteiger partial charge in [0, 0.05) is 22.0 Å². The number of aryl methyl sites for hydroxylation is 1. The molecule has 2 N–H and O–H groups in total. The minimum absolute atomic E-state index is 0. The van der Waals surface area contributed by atoms with Crippen molar-refractivity contribution in [1.29, 1.82) is 0 Å². The number of rotatable bonds is 4. The minimum Gasteiger partial charge on any atom is -0.398 e. The number of benzene rings is 2. The molecule has 0 amide bonds. The zero-order valence-electron chi connectivity index (χ0n) is 12.1. The number of nitrogens with zero attached hydrogens (tertiary/aromatic N) is 1. The molecule has 2 nitrogen and oxygen atoms in total. The van der Waals surface area contributed by atoms with Crippen LogP contribution in [0.25, 0.3) is 0 Å². The third-order valence-corrected chi connectivity index (χ3v) is 4.05. The Hall–Kier alpha value is -1.16. The van der Waals surface area contributed by atoms with Crippen LogP contribution in [0.15, 0.2) is 52.3 Å². The van der Waals surface area contributed by atoms with E-state index in [4.69, 9.17) is 5.73 Å². The maximum absolute atomic E-state index is 6.09. The molecule has 2 aromatic rings. The normalized spacial score (nSPS) is 10.4. The van der Waals surface area contributed by atoms with Crippen LogP contribution >= 0.6 is 24.2 Å². The predicted molar refractivity (Wildman–Crippen MR) is 90.8 cm³/mol. The Morgan fingerprint density at radius 3 is 2.40 bits per heavy atom. The van der Waals surface area contributed by atoms with Crippen LogP contribution in [0.4, 0.5) is 5.69 Å². The summed E-state index contributed by atoms with van der Waals surface area (Å²) in [6.07, 6.45) is 0. The van der Waals surface area contributed by atoms with Crippen molar-refractivity contribution in [2.24, 2.45) is 0 Å². The van der Waals surface area contributed by atoms with E-state index < -0.39 is 0 Å². The zero-order valence-corrected chi connectivity index (χ0v) is 13.7. The van der Waals surface area contributed by atoms with Gasteiger partial charge in [-0.3, -0.25) is 0 Å². The summed E-state index contributed by atoms with van der Waals surface area (Å²) in [5.74, 6) is 0. The summed E-state index contributed by atoms with van der Waals surface area (Å²) < 4.78 is 0. The Balaban J connectivity index is 0.00000200. The molecule has 0 spiro atoms. The fourth-order valence-corrected chi connectivity index (χ4v) is 2.91. The summed E-state index contributed by atoms with van der Waals surface area (Å²) in [5, 5.41) is 0. The lowest BCUT2D eigenvalue weighted by molar-refractivity contribution is 0.399. The molecule has 0 bridgehead atoms. The first-order chi connectivity index (χ1) is 9.06. The summed E-state index contributed by atoms with van der Waals surface area (Å²) in [6, 6.07) is 14.7. The second-order valence-corrected chi connectivity index (χ2v) is 6.07. The number of anilines is 1. The van der Waals surface area contributed by atoms with Crippen molar-refractivity contribution in [1.82, 2.24) is 4.90 Å². The van der Waals surface area contributed by atoms with Crippen molar-refractivity contribution in [3.63, 3.8) is 0 Å². The lowest BCUT2D eigenvalue weighted by atomic mass is 10.2. The summed E-state index contributed by atoms with van der Waals surface area (Å²) in [4.78, 5) is 4.57. The number of halogens is 1. The maximum Gasteiger partial charge on any atom is 0.0458 e. The number of nitrogens with two attached hydrogens (primary N) is 1. The van der Waals surface area contributed by atoms with Crippen LogP contribution in [0.3, 0.4) is 0 Å². The van der Waals surface area contributed by atoms with E-state index in [1.165, 1.54) is 16.0 Å². The molecule has 20 heavy (non-hydrogen) atoms. The quantitative estimate of drug-likeness (QED) is 0.858. The monoisotopic (exact) mass is 308 g/mol. The van der Waals surface area contributed by atoms with E-state index in [0.717, 1.165) is 17.1 Å². The van der Waals surface area contributed by atoms with Gasteiger partial charge in [-0.15, -0.1) is 12.4 Å². The first-order valence-electron chi connectivity index (χ1n) is 6.33. The molecule has 0 aromatic heterocycles. The first-order valence-corrected chi connectivity index (χ1v) is 7.14. The molecule has 0 atom stereocenters. The topological polar surface area (TPSA) is 29.3 Å². The molecule has 0 saturated carbocycles. The zero-order chi connectivity index (χ0) is 13.8. The number of nitrogen functional groups attached to an aromatic ring is 1. The highest BCUT2D eigenvalue weighted by Gasteiger charge is 2.07. The van der Waals surface area contributed by atoms with Crippen molar-refractivity contribution < 1.29 is 0 Å². The number of hydrogen-bond donors (Lipinski definition) is 1. The molecule has 2 aromatic carbocycles. The van der Waals surface area contributed by atoms with Crippen LogP contribution in [0.2, 0.25) is 0 Å².